The zero-order chi connectivity index (χ0) is 15.5. The van der Waals surface area contributed by atoms with Crippen LogP contribution < -0.4 is 0 Å². The monoisotopic (exact) mass is 344 g/mol. The van der Waals surface area contributed by atoms with Crippen LogP contribution in [0.15, 0.2) is 47.9 Å². The summed E-state index contributed by atoms with van der Waals surface area (Å²) in [5.41, 5.74) is 1.08. The average Bonchev–Trinajstić information content (AvgIpc) is 2.40. The number of rotatable bonds is 4. The number of benzene rings is 2. The Kier molecular flexibility index (Phi) is 5.04. The molecule has 0 N–H and O–H groups in total. The van der Waals surface area contributed by atoms with Gasteiger partial charge >= 0.3 is 0 Å². The Morgan fingerprint density at radius 3 is 2.33 bits per heavy atom. The molecule has 21 heavy (non-hydrogen) atoms. The van der Waals surface area contributed by atoms with Gasteiger partial charge in [0.25, 0.3) is 0 Å². The van der Waals surface area contributed by atoms with E-state index >= 15 is 0 Å². The maximum absolute atomic E-state index is 12.9. The lowest BCUT2D eigenvalue weighted by atomic mass is 10.2. The van der Waals surface area contributed by atoms with Gasteiger partial charge in [-0.1, -0.05) is 41.4 Å². The normalized spacial score (nSPS) is 12.0. The molecule has 0 saturated heterocycles. The second-order valence-electron chi connectivity index (χ2n) is 4.40. The van der Waals surface area contributed by atoms with Crippen LogP contribution in [0.5, 0.6) is 0 Å². The third-order valence-electron chi connectivity index (χ3n) is 2.70. The second kappa shape index (κ2) is 6.60. The van der Waals surface area contributed by atoms with Gasteiger partial charge in [0.15, 0.2) is 9.84 Å². The SMILES string of the molecule is O=S(=O)(/C=C/c1ccc(F)cc1Cl)Cc1ccc(Cl)cc1. The van der Waals surface area contributed by atoms with E-state index in [9.17, 15) is 12.8 Å². The molecule has 0 saturated carbocycles. The van der Waals surface area contributed by atoms with Gasteiger partial charge in [0.2, 0.25) is 0 Å². The van der Waals surface area contributed by atoms with Gasteiger partial charge in [0.05, 0.1) is 10.8 Å². The topological polar surface area (TPSA) is 34.1 Å². The van der Waals surface area contributed by atoms with E-state index in [0.29, 0.717) is 16.1 Å². The fraction of sp³-hybridized carbons (Fsp3) is 0.0667. The van der Waals surface area contributed by atoms with Crippen molar-refractivity contribution in [2.45, 2.75) is 5.75 Å². The fourth-order valence-corrected chi connectivity index (χ4v) is 3.14. The van der Waals surface area contributed by atoms with E-state index < -0.39 is 15.7 Å². The van der Waals surface area contributed by atoms with Crippen LogP contribution in [0.1, 0.15) is 11.1 Å². The van der Waals surface area contributed by atoms with Crippen molar-refractivity contribution in [2.75, 3.05) is 0 Å². The quantitative estimate of drug-likeness (QED) is 0.804. The van der Waals surface area contributed by atoms with Crippen LogP contribution in [0.3, 0.4) is 0 Å². The van der Waals surface area contributed by atoms with Crippen molar-refractivity contribution >= 4 is 39.1 Å². The van der Waals surface area contributed by atoms with E-state index in [1.807, 2.05) is 0 Å². The highest BCUT2D eigenvalue weighted by Crippen LogP contribution is 2.20. The minimum atomic E-state index is -3.45. The van der Waals surface area contributed by atoms with Crippen molar-refractivity contribution in [2.24, 2.45) is 0 Å². The Labute approximate surface area is 132 Å². The lowest BCUT2D eigenvalue weighted by molar-refractivity contribution is 0.604. The van der Waals surface area contributed by atoms with Gasteiger partial charge in [0.1, 0.15) is 5.82 Å². The summed E-state index contributed by atoms with van der Waals surface area (Å²) < 4.78 is 36.9. The predicted octanol–water partition coefficient (Wildman–Crippen LogP) is 4.72. The van der Waals surface area contributed by atoms with Crippen LogP contribution in [0.2, 0.25) is 10.0 Å². The van der Waals surface area contributed by atoms with Crippen molar-refractivity contribution in [1.29, 1.82) is 0 Å². The molecule has 2 aromatic rings. The molecule has 0 bridgehead atoms. The van der Waals surface area contributed by atoms with Gasteiger partial charge in [-0.3, -0.25) is 0 Å². The number of halogens is 3. The van der Waals surface area contributed by atoms with Gasteiger partial charge in [-0.2, -0.15) is 0 Å². The maximum Gasteiger partial charge on any atom is 0.175 e. The van der Waals surface area contributed by atoms with Crippen molar-refractivity contribution in [3.05, 3.63) is 74.9 Å². The summed E-state index contributed by atoms with van der Waals surface area (Å²) in [6, 6.07) is 10.3. The molecule has 0 aromatic heterocycles. The van der Waals surface area contributed by atoms with Crippen molar-refractivity contribution in [1.82, 2.24) is 0 Å². The molecule has 0 atom stereocenters. The maximum atomic E-state index is 12.9. The first-order valence-electron chi connectivity index (χ1n) is 5.96. The molecular weight excluding hydrogens is 334 g/mol. The highest BCUT2D eigenvalue weighted by molar-refractivity contribution is 7.93. The molecule has 6 heteroatoms. The van der Waals surface area contributed by atoms with Crippen LogP contribution in [-0.4, -0.2) is 8.42 Å². The molecule has 0 aliphatic rings. The first-order valence-corrected chi connectivity index (χ1v) is 8.43. The van der Waals surface area contributed by atoms with E-state index in [1.165, 1.54) is 18.2 Å². The smallest absolute Gasteiger partial charge is 0.175 e. The summed E-state index contributed by atoms with van der Waals surface area (Å²) in [6.07, 6.45) is 1.35. The molecule has 0 spiro atoms. The van der Waals surface area contributed by atoms with Crippen LogP contribution in [0.4, 0.5) is 4.39 Å². The van der Waals surface area contributed by atoms with E-state index in [1.54, 1.807) is 24.3 Å². The Morgan fingerprint density at radius 2 is 1.71 bits per heavy atom. The molecule has 0 amide bonds. The van der Waals surface area contributed by atoms with Crippen LogP contribution in [0.25, 0.3) is 6.08 Å². The summed E-state index contributed by atoms with van der Waals surface area (Å²) >= 11 is 11.6. The average molecular weight is 345 g/mol. The zero-order valence-corrected chi connectivity index (χ0v) is 13.1. The molecule has 0 aliphatic carbocycles. The number of hydrogen-bond donors (Lipinski definition) is 0. The van der Waals surface area contributed by atoms with E-state index in [4.69, 9.17) is 23.2 Å². The van der Waals surface area contributed by atoms with E-state index in [-0.39, 0.29) is 10.8 Å². The molecule has 0 unspecified atom stereocenters. The van der Waals surface area contributed by atoms with Gasteiger partial charge < -0.3 is 0 Å². The molecule has 110 valence electrons. The van der Waals surface area contributed by atoms with Crippen LogP contribution >= 0.6 is 23.2 Å². The summed E-state index contributed by atoms with van der Waals surface area (Å²) in [5, 5.41) is 1.78. The van der Waals surface area contributed by atoms with Crippen LogP contribution in [-0.2, 0) is 15.6 Å². The summed E-state index contributed by atoms with van der Waals surface area (Å²) in [6.45, 7) is 0. The fourth-order valence-electron chi connectivity index (χ4n) is 1.67. The molecule has 0 fully saturated rings. The summed E-state index contributed by atoms with van der Waals surface area (Å²) in [7, 11) is -3.45. The van der Waals surface area contributed by atoms with Gasteiger partial charge in [-0.15, -0.1) is 0 Å². The molecule has 0 heterocycles. The third-order valence-corrected chi connectivity index (χ3v) is 4.56. The lowest BCUT2D eigenvalue weighted by Crippen LogP contribution is -1.99. The molecule has 0 radical (unpaired) electrons. The third kappa shape index (κ3) is 4.84. The number of sulfone groups is 1. The number of hydrogen-bond acceptors (Lipinski definition) is 2. The zero-order valence-electron chi connectivity index (χ0n) is 10.8. The Bertz CT molecular complexity index is 769. The van der Waals surface area contributed by atoms with E-state index in [2.05, 4.69) is 0 Å². The predicted molar refractivity (Wildman–Crippen MR) is 84.5 cm³/mol. The summed E-state index contributed by atoms with van der Waals surface area (Å²) in [4.78, 5) is 0. The largest absolute Gasteiger partial charge is 0.224 e. The first kappa shape index (κ1) is 16.0. The second-order valence-corrected chi connectivity index (χ2v) is 7.13. The van der Waals surface area contributed by atoms with Crippen LogP contribution in [0, 0.1) is 5.82 Å². The standard InChI is InChI=1S/C15H11Cl2FO2S/c16-13-4-1-11(2-5-13)10-21(19,20)8-7-12-3-6-14(18)9-15(12)17/h1-9H,10H2/b8-7+. The molecule has 2 nitrogen and oxygen atoms in total. The molecule has 2 rings (SSSR count). The minimum Gasteiger partial charge on any atom is -0.224 e. The van der Waals surface area contributed by atoms with Gasteiger partial charge in [0, 0.05) is 10.4 Å². The first-order chi connectivity index (χ1) is 9.85. The Hall–Kier alpha value is -1.36. The minimum absolute atomic E-state index is 0.139. The molecular formula is C15H11Cl2FO2S. The van der Waals surface area contributed by atoms with Crippen molar-refractivity contribution in [3.8, 4) is 0 Å². The Balaban J connectivity index is 2.16. The van der Waals surface area contributed by atoms with Crippen molar-refractivity contribution < 1.29 is 12.8 Å². The lowest BCUT2D eigenvalue weighted by Gasteiger charge is -2.01. The van der Waals surface area contributed by atoms with Gasteiger partial charge in [-0.25, -0.2) is 12.8 Å². The highest BCUT2D eigenvalue weighted by atomic mass is 35.5. The molecule has 0 aliphatic heterocycles. The van der Waals surface area contributed by atoms with E-state index in [0.717, 1.165) is 11.5 Å². The summed E-state index contributed by atoms with van der Waals surface area (Å²) in [5.74, 6) is -0.611. The Morgan fingerprint density at radius 1 is 1.05 bits per heavy atom. The highest BCUT2D eigenvalue weighted by Gasteiger charge is 2.08. The van der Waals surface area contributed by atoms with Crippen molar-refractivity contribution in [3.63, 3.8) is 0 Å². The molecule has 2 aromatic carbocycles. The van der Waals surface area contributed by atoms with Gasteiger partial charge in [-0.05, 0) is 41.5 Å².